The number of nitrogens with zero attached hydrogens (tertiary/aromatic N) is 1. The fourth-order valence-corrected chi connectivity index (χ4v) is 2.77. The Bertz CT molecular complexity index is 734. The number of aromatic nitrogens is 1. The van der Waals surface area contributed by atoms with Crippen LogP contribution in [0.1, 0.15) is 72.4 Å². The summed E-state index contributed by atoms with van der Waals surface area (Å²) in [6.07, 6.45) is -0.332. The first-order chi connectivity index (χ1) is 14.3. The molecule has 1 aromatic rings. The molecule has 31 heavy (non-hydrogen) atoms. The predicted octanol–water partition coefficient (Wildman–Crippen LogP) is 2.65. The molecule has 0 aromatic carbocycles. The van der Waals surface area contributed by atoms with Gasteiger partial charge in [-0.1, -0.05) is 19.0 Å². The molecule has 0 spiro atoms. The van der Waals surface area contributed by atoms with Crippen LogP contribution < -0.4 is 11.1 Å². The van der Waals surface area contributed by atoms with Gasteiger partial charge in [0.1, 0.15) is 17.1 Å². The van der Waals surface area contributed by atoms with Crippen LogP contribution in [-0.2, 0) is 30.2 Å². The lowest BCUT2D eigenvalue weighted by molar-refractivity contribution is -0.164. The molecule has 1 atom stereocenters. The largest absolute Gasteiger partial charge is 0.464 e. The summed E-state index contributed by atoms with van der Waals surface area (Å²) in [5.74, 6) is -1.43. The molecule has 0 fully saturated rings. The van der Waals surface area contributed by atoms with Gasteiger partial charge in [0.25, 0.3) is 0 Å². The summed E-state index contributed by atoms with van der Waals surface area (Å²) >= 11 is 0. The Balaban J connectivity index is 3.10. The smallest absolute Gasteiger partial charge is 0.408 e. The maximum atomic E-state index is 12.4. The molecule has 1 heterocycles. The lowest BCUT2D eigenvalue weighted by Gasteiger charge is -2.24. The molecule has 1 rings (SSSR count). The van der Waals surface area contributed by atoms with E-state index in [1.165, 1.54) is 0 Å². The third kappa shape index (κ3) is 8.20. The second-order valence-electron chi connectivity index (χ2n) is 8.64. The number of alkyl carbamates (subject to hydrolysis) is 1. The van der Waals surface area contributed by atoms with E-state index in [4.69, 9.17) is 24.5 Å². The van der Waals surface area contributed by atoms with Crippen molar-refractivity contribution in [3.63, 3.8) is 0 Å². The molecule has 3 N–H and O–H groups in total. The van der Waals surface area contributed by atoms with E-state index in [-0.39, 0.29) is 31.3 Å². The molecule has 176 valence electrons. The van der Waals surface area contributed by atoms with E-state index in [1.54, 1.807) is 40.7 Å². The zero-order valence-electron chi connectivity index (χ0n) is 19.4. The number of hydrogen-bond acceptors (Lipinski definition) is 9. The van der Waals surface area contributed by atoms with Gasteiger partial charge < -0.3 is 29.8 Å². The van der Waals surface area contributed by atoms with Crippen LogP contribution in [0.2, 0.25) is 0 Å². The van der Waals surface area contributed by atoms with Gasteiger partial charge in [-0.25, -0.2) is 14.4 Å². The Morgan fingerprint density at radius 2 is 1.68 bits per heavy atom. The number of ether oxygens (including phenoxy) is 3. The molecule has 0 radical (unpaired) electrons. The van der Waals surface area contributed by atoms with Gasteiger partial charge in [-0.15, -0.1) is 0 Å². The topological polar surface area (TPSA) is 143 Å². The maximum absolute atomic E-state index is 12.4. The molecular formula is C21H35N3O7. The summed E-state index contributed by atoms with van der Waals surface area (Å²) in [6, 6.07) is 1.05. The minimum absolute atomic E-state index is 0.0507. The van der Waals surface area contributed by atoms with Crippen molar-refractivity contribution in [3.8, 4) is 0 Å². The van der Waals surface area contributed by atoms with Gasteiger partial charge >= 0.3 is 18.0 Å². The number of carbonyl (C=O) groups is 3. The summed E-state index contributed by atoms with van der Waals surface area (Å²) < 4.78 is 20.6. The van der Waals surface area contributed by atoms with Crippen LogP contribution in [0.4, 0.5) is 4.79 Å². The van der Waals surface area contributed by atoms with E-state index in [0.29, 0.717) is 12.1 Å². The Morgan fingerprint density at radius 3 is 2.13 bits per heavy atom. The first-order valence-corrected chi connectivity index (χ1v) is 10.4. The second-order valence-corrected chi connectivity index (χ2v) is 8.64. The van der Waals surface area contributed by atoms with Crippen LogP contribution in [0.25, 0.3) is 0 Å². The Labute approximate surface area is 183 Å². The number of nitrogens with two attached hydrogens (primary N) is 1. The van der Waals surface area contributed by atoms with Gasteiger partial charge in [0.05, 0.1) is 19.3 Å². The minimum Gasteiger partial charge on any atom is -0.464 e. The van der Waals surface area contributed by atoms with Crippen LogP contribution in [0.5, 0.6) is 0 Å². The first-order valence-electron chi connectivity index (χ1n) is 10.4. The lowest BCUT2D eigenvalue weighted by atomic mass is 9.94. The third-order valence-corrected chi connectivity index (χ3v) is 4.06. The van der Waals surface area contributed by atoms with Crippen molar-refractivity contribution in [2.75, 3.05) is 13.2 Å². The number of esters is 2. The van der Waals surface area contributed by atoms with Gasteiger partial charge in [0, 0.05) is 12.5 Å². The fourth-order valence-electron chi connectivity index (χ4n) is 2.77. The summed E-state index contributed by atoms with van der Waals surface area (Å²) in [7, 11) is 0. The van der Waals surface area contributed by atoms with Crippen LogP contribution in [0.3, 0.4) is 0 Å². The van der Waals surface area contributed by atoms with Gasteiger partial charge in [0.15, 0.2) is 0 Å². The number of hydrogen-bond donors (Lipinski definition) is 2. The van der Waals surface area contributed by atoms with Crippen molar-refractivity contribution in [2.45, 2.75) is 78.5 Å². The molecule has 1 amide bonds. The Kier molecular flexibility index (Phi) is 9.48. The lowest BCUT2D eigenvalue weighted by Crippen LogP contribution is -2.58. The summed E-state index contributed by atoms with van der Waals surface area (Å²) in [4.78, 5) is 37.0. The minimum atomic E-state index is -2.07. The van der Waals surface area contributed by atoms with Crippen LogP contribution in [0.15, 0.2) is 10.6 Å². The molecule has 1 aromatic heterocycles. The zero-order valence-corrected chi connectivity index (χ0v) is 19.4. The van der Waals surface area contributed by atoms with E-state index in [2.05, 4.69) is 10.5 Å². The van der Waals surface area contributed by atoms with Crippen molar-refractivity contribution in [3.05, 3.63) is 17.5 Å². The molecule has 0 aliphatic rings. The number of carbonyl (C=O) groups excluding carboxylic acids is 3. The number of amides is 1. The molecule has 1 unspecified atom stereocenters. The summed E-state index contributed by atoms with van der Waals surface area (Å²) in [6.45, 7) is 12.6. The van der Waals surface area contributed by atoms with E-state index in [9.17, 15) is 14.4 Å². The van der Waals surface area contributed by atoms with Gasteiger partial charge in [-0.05, 0) is 47.0 Å². The van der Waals surface area contributed by atoms with E-state index >= 15 is 0 Å². The van der Waals surface area contributed by atoms with Gasteiger partial charge in [-0.2, -0.15) is 0 Å². The summed E-state index contributed by atoms with van der Waals surface area (Å²) in [5.41, 5.74) is 3.77. The van der Waals surface area contributed by atoms with Crippen LogP contribution in [-0.4, -0.2) is 47.5 Å². The monoisotopic (exact) mass is 441 g/mol. The van der Waals surface area contributed by atoms with Crippen LogP contribution >= 0.6 is 0 Å². The first kappa shape index (κ1) is 26.4. The molecule has 0 saturated heterocycles. The van der Waals surface area contributed by atoms with Gasteiger partial charge in [0.2, 0.25) is 5.54 Å². The molecule has 0 aliphatic carbocycles. The predicted molar refractivity (Wildman–Crippen MR) is 112 cm³/mol. The molecule has 10 heteroatoms. The molecule has 0 bridgehead atoms. The maximum Gasteiger partial charge on any atom is 0.408 e. The van der Waals surface area contributed by atoms with Crippen molar-refractivity contribution in [1.29, 1.82) is 0 Å². The second kappa shape index (κ2) is 11.1. The van der Waals surface area contributed by atoms with Gasteiger partial charge in [-0.3, -0.25) is 0 Å². The van der Waals surface area contributed by atoms with Crippen molar-refractivity contribution in [1.82, 2.24) is 10.5 Å². The quantitative estimate of drug-likeness (QED) is 0.318. The van der Waals surface area contributed by atoms with Crippen LogP contribution in [0, 0.1) is 5.92 Å². The zero-order chi connectivity index (χ0) is 23.8. The highest BCUT2D eigenvalue weighted by Gasteiger charge is 2.46. The van der Waals surface area contributed by atoms with Crippen molar-refractivity contribution in [2.24, 2.45) is 11.7 Å². The highest BCUT2D eigenvalue weighted by molar-refractivity contribution is 6.04. The average Bonchev–Trinajstić information content (AvgIpc) is 3.07. The van der Waals surface area contributed by atoms with Crippen molar-refractivity contribution >= 4 is 18.0 Å². The standard InChI is InChI=1S/C21H35N3O7/c1-8-28-17(25)21(22,18(26)29-9-2)12-14-11-16(24-31-14)15(10-13(3)4)23-19(27)30-20(5,6)7/h11,13,15H,8-10,12,22H2,1-7H3,(H,23,27). The Morgan fingerprint density at radius 1 is 1.13 bits per heavy atom. The highest BCUT2D eigenvalue weighted by atomic mass is 16.6. The molecular weight excluding hydrogens is 406 g/mol. The normalized spacial score (nSPS) is 12.9. The van der Waals surface area contributed by atoms with E-state index in [0.717, 1.165) is 0 Å². The number of nitrogens with one attached hydrogen (secondary N) is 1. The molecule has 10 nitrogen and oxygen atoms in total. The van der Waals surface area contributed by atoms with E-state index < -0.39 is 35.2 Å². The summed E-state index contributed by atoms with van der Waals surface area (Å²) in [5, 5.41) is 6.79. The average molecular weight is 442 g/mol. The SMILES string of the molecule is CCOC(=O)C(N)(Cc1cc(C(CC(C)C)NC(=O)OC(C)(C)C)no1)C(=O)OCC. The Hall–Kier alpha value is -2.62. The van der Waals surface area contributed by atoms with Crippen molar-refractivity contribution < 1.29 is 33.1 Å². The highest BCUT2D eigenvalue weighted by Crippen LogP contribution is 2.24. The van der Waals surface area contributed by atoms with E-state index in [1.807, 2.05) is 13.8 Å². The molecule has 0 saturated carbocycles. The number of rotatable bonds is 10. The fraction of sp³-hybridized carbons (Fsp3) is 0.714. The molecule has 0 aliphatic heterocycles. The third-order valence-electron chi connectivity index (χ3n) is 4.06.